The lowest BCUT2D eigenvalue weighted by atomic mass is 10.2. The van der Waals surface area contributed by atoms with Crippen LogP contribution in [0.5, 0.6) is 0 Å². The Morgan fingerprint density at radius 2 is 1.97 bits per heavy atom. The van der Waals surface area contributed by atoms with E-state index in [1.54, 1.807) is 24.1 Å². The van der Waals surface area contributed by atoms with Gasteiger partial charge in [-0.25, -0.2) is 15.0 Å². The van der Waals surface area contributed by atoms with Gasteiger partial charge in [-0.1, -0.05) is 16.8 Å². The van der Waals surface area contributed by atoms with Crippen LogP contribution in [0.15, 0.2) is 40.3 Å². The van der Waals surface area contributed by atoms with E-state index in [2.05, 4.69) is 30.0 Å². The van der Waals surface area contributed by atoms with Crippen LogP contribution in [0, 0.1) is 11.8 Å². The van der Waals surface area contributed by atoms with Crippen LogP contribution in [0.25, 0.3) is 11.2 Å². The number of aromatic nitrogens is 7. The molecule has 3 atom stereocenters. The molecule has 11 heteroatoms. The SMILES string of the molecule is Cn1cnc2ncn(Cc3nc([C@@H]4[C@@H]5CN(c6ccc(Cl)nc6)C[C@@H]54)no3)c(=O)c21. The van der Waals surface area contributed by atoms with Gasteiger partial charge >= 0.3 is 0 Å². The second-order valence-corrected chi connectivity index (χ2v) is 8.24. The molecule has 5 heterocycles. The minimum Gasteiger partial charge on any atom is -0.370 e. The van der Waals surface area contributed by atoms with Gasteiger partial charge in [-0.05, 0) is 24.0 Å². The third-order valence-corrected chi connectivity index (χ3v) is 6.28. The number of fused-ring (bicyclic) bond motifs is 2. The second-order valence-electron chi connectivity index (χ2n) is 7.85. The third-order valence-electron chi connectivity index (χ3n) is 6.06. The van der Waals surface area contributed by atoms with Gasteiger partial charge in [0.1, 0.15) is 18.0 Å². The van der Waals surface area contributed by atoms with Crippen LogP contribution >= 0.6 is 11.6 Å². The van der Waals surface area contributed by atoms with Crippen molar-refractivity contribution in [3.63, 3.8) is 0 Å². The molecule has 0 N–H and O–H groups in total. The van der Waals surface area contributed by atoms with Gasteiger partial charge in [0.15, 0.2) is 17.0 Å². The molecule has 4 aromatic heterocycles. The Balaban J connectivity index is 1.16. The van der Waals surface area contributed by atoms with Crippen LogP contribution in [0.3, 0.4) is 0 Å². The molecule has 10 nitrogen and oxygen atoms in total. The summed E-state index contributed by atoms with van der Waals surface area (Å²) in [6.07, 6.45) is 4.84. The van der Waals surface area contributed by atoms with E-state index in [-0.39, 0.29) is 12.1 Å². The molecule has 4 aromatic rings. The van der Waals surface area contributed by atoms with Crippen LogP contribution < -0.4 is 10.5 Å². The van der Waals surface area contributed by atoms with E-state index in [4.69, 9.17) is 16.1 Å². The number of piperidine rings is 1. The summed E-state index contributed by atoms with van der Waals surface area (Å²) in [5.41, 5.74) is 1.77. The fourth-order valence-corrected chi connectivity index (χ4v) is 4.58. The van der Waals surface area contributed by atoms with E-state index in [0.717, 1.165) is 24.6 Å². The smallest absolute Gasteiger partial charge is 0.280 e. The molecule has 0 bridgehead atoms. The number of imidazole rings is 1. The summed E-state index contributed by atoms with van der Waals surface area (Å²) in [5, 5.41) is 4.68. The molecule has 0 unspecified atom stereocenters. The molecule has 0 aromatic carbocycles. The average Bonchev–Trinajstić information content (AvgIpc) is 3.16. The molecule has 0 amide bonds. The van der Waals surface area contributed by atoms with E-state index in [1.807, 2.05) is 12.1 Å². The number of rotatable bonds is 4. The molecular formula is C19H17ClN8O2. The van der Waals surface area contributed by atoms with Gasteiger partial charge in [-0.2, -0.15) is 4.98 Å². The zero-order valence-corrected chi connectivity index (χ0v) is 16.8. The van der Waals surface area contributed by atoms with Crippen molar-refractivity contribution in [2.45, 2.75) is 12.5 Å². The highest BCUT2D eigenvalue weighted by molar-refractivity contribution is 6.29. The predicted molar refractivity (Wildman–Crippen MR) is 107 cm³/mol. The number of halogens is 1. The summed E-state index contributed by atoms with van der Waals surface area (Å²) in [5.74, 6) is 2.42. The average molecular weight is 425 g/mol. The minimum atomic E-state index is -0.185. The molecule has 2 fully saturated rings. The summed E-state index contributed by atoms with van der Waals surface area (Å²) in [6.45, 7) is 2.05. The molecule has 30 heavy (non-hydrogen) atoms. The highest BCUT2D eigenvalue weighted by atomic mass is 35.5. The first-order valence-electron chi connectivity index (χ1n) is 9.64. The topological polar surface area (TPSA) is 108 Å². The lowest BCUT2D eigenvalue weighted by Gasteiger charge is -2.20. The van der Waals surface area contributed by atoms with Crippen LogP contribution in [-0.2, 0) is 13.6 Å². The summed E-state index contributed by atoms with van der Waals surface area (Å²) in [4.78, 5) is 32.0. The van der Waals surface area contributed by atoms with Crippen LogP contribution in [-0.4, -0.2) is 47.3 Å². The Labute approximate surface area is 175 Å². The van der Waals surface area contributed by atoms with E-state index in [9.17, 15) is 4.79 Å². The van der Waals surface area contributed by atoms with Crippen LogP contribution in [0.1, 0.15) is 17.6 Å². The maximum Gasteiger partial charge on any atom is 0.280 e. The Morgan fingerprint density at radius 1 is 1.17 bits per heavy atom. The van der Waals surface area contributed by atoms with Gasteiger partial charge in [0.05, 0.1) is 18.2 Å². The third kappa shape index (κ3) is 2.71. The Kier molecular flexibility index (Phi) is 3.73. The van der Waals surface area contributed by atoms with Gasteiger partial charge < -0.3 is 14.0 Å². The molecule has 0 spiro atoms. The summed E-state index contributed by atoms with van der Waals surface area (Å²) >= 11 is 5.87. The normalized spacial score (nSPS) is 22.6. The zero-order chi connectivity index (χ0) is 20.4. The standard InChI is InChI=1S/C19H17ClN8O2/c1-26-8-22-18-16(26)19(29)28(9-23-18)7-14-24-17(25-30-14)15-11-5-27(6-12(11)15)10-2-3-13(20)21-4-10/h2-4,8-9,11-12,15H,5-7H2,1H3/t11-,12+,15-. The monoisotopic (exact) mass is 424 g/mol. The van der Waals surface area contributed by atoms with Crippen molar-refractivity contribution in [1.29, 1.82) is 0 Å². The quantitative estimate of drug-likeness (QED) is 0.453. The van der Waals surface area contributed by atoms with Crippen molar-refractivity contribution in [2.75, 3.05) is 18.0 Å². The number of aryl methyl sites for hydroxylation is 1. The molecule has 152 valence electrons. The van der Waals surface area contributed by atoms with E-state index < -0.39 is 0 Å². The Bertz CT molecular complexity index is 1300. The van der Waals surface area contributed by atoms with Crippen LogP contribution in [0.2, 0.25) is 5.15 Å². The number of hydrogen-bond donors (Lipinski definition) is 0. The van der Waals surface area contributed by atoms with E-state index in [1.165, 1.54) is 10.9 Å². The van der Waals surface area contributed by atoms with E-state index >= 15 is 0 Å². The first-order chi connectivity index (χ1) is 14.6. The maximum atomic E-state index is 12.7. The highest BCUT2D eigenvalue weighted by Gasteiger charge is 2.58. The number of pyridine rings is 1. The van der Waals surface area contributed by atoms with Crippen molar-refractivity contribution in [3.8, 4) is 0 Å². The zero-order valence-electron chi connectivity index (χ0n) is 16.0. The number of anilines is 1. The van der Waals surface area contributed by atoms with Gasteiger partial charge in [0, 0.05) is 26.1 Å². The molecule has 6 rings (SSSR count). The Morgan fingerprint density at radius 3 is 2.73 bits per heavy atom. The van der Waals surface area contributed by atoms with Gasteiger partial charge in [0.2, 0.25) is 5.89 Å². The van der Waals surface area contributed by atoms with Crippen molar-refractivity contribution in [1.82, 2.24) is 34.2 Å². The largest absolute Gasteiger partial charge is 0.370 e. The highest BCUT2D eigenvalue weighted by Crippen LogP contribution is 2.57. The van der Waals surface area contributed by atoms with Gasteiger partial charge in [-0.3, -0.25) is 9.36 Å². The molecule has 1 saturated heterocycles. The fraction of sp³-hybridized carbons (Fsp3) is 0.368. The molecule has 2 aliphatic rings. The first-order valence-corrected chi connectivity index (χ1v) is 10.0. The number of hydrogen-bond acceptors (Lipinski definition) is 8. The molecule has 1 aliphatic carbocycles. The van der Waals surface area contributed by atoms with E-state index in [0.29, 0.717) is 40.0 Å². The van der Waals surface area contributed by atoms with Gasteiger partial charge in [-0.15, -0.1) is 0 Å². The molecule has 1 saturated carbocycles. The second kappa shape index (κ2) is 6.36. The van der Waals surface area contributed by atoms with Crippen molar-refractivity contribution >= 4 is 28.5 Å². The minimum absolute atomic E-state index is 0.185. The first kappa shape index (κ1) is 17.6. The molecule has 0 radical (unpaired) electrons. The summed E-state index contributed by atoms with van der Waals surface area (Å²) < 4.78 is 8.55. The predicted octanol–water partition coefficient (Wildman–Crippen LogP) is 1.46. The molecular weight excluding hydrogens is 408 g/mol. The number of nitrogens with zero attached hydrogens (tertiary/aromatic N) is 8. The van der Waals surface area contributed by atoms with Gasteiger partial charge in [0.25, 0.3) is 5.56 Å². The fourth-order valence-electron chi connectivity index (χ4n) is 4.47. The lowest BCUT2D eigenvalue weighted by Crippen LogP contribution is -2.24. The lowest BCUT2D eigenvalue weighted by molar-refractivity contribution is 0.363. The Hall–Kier alpha value is -3.27. The molecule has 1 aliphatic heterocycles. The van der Waals surface area contributed by atoms with Crippen molar-refractivity contribution < 1.29 is 4.52 Å². The van der Waals surface area contributed by atoms with Crippen molar-refractivity contribution in [2.24, 2.45) is 18.9 Å². The van der Waals surface area contributed by atoms with Crippen LogP contribution in [0.4, 0.5) is 5.69 Å². The van der Waals surface area contributed by atoms with Crippen molar-refractivity contribution in [3.05, 3.63) is 58.2 Å². The summed E-state index contributed by atoms with van der Waals surface area (Å²) in [6, 6.07) is 3.80. The summed E-state index contributed by atoms with van der Waals surface area (Å²) in [7, 11) is 1.77. The maximum absolute atomic E-state index is 12.7.